The Morgan fingerprint density at radius 1 is 0.203 bits per heavy atom. The molecule has 64 heavy (non-hydrogen) atoms. The van der Waals surface area contributed by atoms with E-state index in [0.717, 1.165) is 28.3 Å². The number of aromatic nitrogens is 4. The van der Waals surface area contributed by atoms with Crippen molar-refractivity contribution in [2.45, 2.75) is 0 Å². The third kappa shape index (κ3) is 4.93. The van der Waals surface area contributed by atoms with Crippen LogP contribution >= 0.6 is 0 Å². The molecule has 0 aliphatic rings. The van der Waals surface area contributed by atoms with E-state index in [4.69, 9.17) is 0 Å². The standard InChI is InChI=1S/C60H38N4/c1-3-19-40(20-4-1)61-53-30-13-8-25-44(53)48-35-50-46-27-10-15-32-55(46)63(59(50)37-57(48)61)42-23-17-18-39(34-42)43-24-7-12-29-52(43)64-56-33-16-11-28-47(56)51-36-49-45-26-9-14-31-54(45)62(58(49)38-60(51)64)41-21-5-2-6-22-41/h1-38H. The average molecular weight is 815 g/mol. The van der Waals surface area contributed by atoms with Crippen molar-refractivity contribution < 1.29 is 0 Å². The molecule has 0 fully saturated rings. The highest BCUT2D eigenvalue weighted by Gasteiger charge is 2.22. The molecule has 10 aromatic carbocycles. The molecule has 0 atom stereocenters. The summed E-state index contributed by atoms with van der Waals surface area (Å²) in [4.78, 5) is 0. The van der Waals surface area contributed by atoms with Gasteiger partial charge in [0.2, 0.25) is 0 Å². The van der Waals surface area contributed by atoms with Crippen molar-refractivity contribution in [2.75, 3.05) is 0 Å². The molecule has 4 heterocycles. The third-order valence-corrected chi connectivity index (χ3v) is 13.5. The van der Waals surface area contributed by atoms with Gasteiger partial charge in [0, 0.05) is 65.7 Å². The summed E-state index contributed by atoms with van der Waals surface area (Å²) in [5, 5.41) is 9.99. The molecule has 0 amide bonds. The van der Waals surface area contributed by atoms with Gasteiger partial charge < -0.3 is 18.3 Å². The highest BCUT2D eigenvalue weighted by atomic mass is 15.0. The number of para-hydroxylation sites is 7. The normalized spacial score (nSPS) is 12.1. The molecule has 4 heteroatoms. The zero-order valence-electron chi connectivity index (χ0n) is 34.7. The van der Waals surface area contributed by atoms with Crippen LogP contribution in [0.5, 0.6) is 0 Å². The van der Waals surface area contributed by atoms with Crippen molar-refractivity contribution in [1.82, 2.24) is 18.3 Å². The van der Waals surface area contributed by atoms with Crippen LogP contribution in [0.2, 0.25) is 0 Å². The molecule has 14 aromatic rings. The van der Waals surface area contributed by atoms with Crippen molar-refractivity contribution in [3.63, 3.8) is 0 Å². The Hall–Kier alpha value is -8.60. The van der Waals surface area contributed by atoms with Crippen LogP contribution in [0.3, 0.4) is 0 Å². The lowest BCUT2D eigenvalue weighted by atomic mass is 10.0. The van der Waals surface area contributed by atoms with Gasteiger partial charge in [-0.25, -0.2) is 0 Å². The van der Waals surface area contributed by atoms with Crippen LogP contribution in [-0.2, 0) is 0 Å². The maximum atomic E-state index is 2.48. The fourth-order valence-corrected chi connectivity index (χ4v) is 10.8. The van der Waals surface area contributed by atoms with Gasteiger partial charge >= 0.3 is 0 Å². The quantitative estimate of drug-likeness (QED) is 0.165. The number of hydrogen-bond acceptors (Lipinski definition) is 0. The molecule has 0 unspecified atom stereocenters. The van der Waals surface area contributed by atoms with E-state index in [1.807, 2.05) is 0 Å². The monoisotopic (exact) mass is 814 g/mol. The van der Waals surface area contributed by atoms with Crippen molar-refractivity contribution in [2.24, 2.45) is 0 Å². The molecule has 4 nitrogen and oxygen atoms in total. The maximum absolute atomic E-state index is 2.48. The second-order valence-electron chi connectivity index (χ2n) is 16.9. The lowest BCUT2D eigenvalue weighted by Crippen LogP contribution is -1.99. The number of nitrogens with zero attached hydrogens (tertiary/aromatic N) is 4. The summed E-state index contributed by atoms with van der Waals surface area (Å²) < 4.78 is 9.78. The van der Waals surface area contributed by atoms with Crippen LogP contribution in [0, 0.1) is 0 Å². The summed E-state index contributed by atoms with van der Waals surface area (Å²) in [6, 6.07) is 84.5. The summed E-state index contributed by atoms with van der Waals surface area (Å²) in [5.41, 5.74) is 16.4. The van der Waals surface area contributed by atoms with Crippen LogP contribution in [0.1, 0.15) is 0 Å². The molecule has 0 radical (unpaired) electrons. The van der Waals surface area contributed by atoms with E-state index in [9.17, 15) is 0 Å². The van der Waals surface area contributed by atoms with Gasteiger partial charge in [0.05, 0.1) is 49.8 Å². The Balaban J connectivity index is 1.01. The topological polar surface area (TPSA) is 19.7 Å². The lowest BCUT2D eigenvalue weighted by molar-refractivity contribution is 1.16. The zero-order valence-corrected chi connectivity index (χ0v) is 34.7. The predicted octanol–water partition coefficient (Wildman–Crippen LogP) is 15.7. The second-order valence-corrected chi connectivity index (χ2v) is 16.9. The van der Waals surface area contributed by atoms with Gasteiger partial charge in [0.1, 0.15) is 0 Å². The largest absolute Gasteiger partial charge is 0.309 e. The molecule has 4 aromatic heterocycles. The molecule has 0 bridgehead atoms. The van der Waals surface area contributed by atoms with E-state index in [1.54, 1.807) is 0 Å². The molecule has 14 rings (SSSR count). The van der Waals surface area contributed by atoms with Gasteiger partial charge in [-0.2, -0.15) is 0 Å². The first-order valence-corrected chi connectivity index (χ1v) is 22.0. The summed E-state index contributed by atoms with van der Waals surface area (Å²) >= 11 is 0. The summed E-state index contributed by atoms with van der Waals surface area (Å²) in [5.74, 6) is 0. The molecule has 0 saturated carbocycles. The highest BCUT2D eigenvalue weighted by molar-refractivity contribution is 6.21. The SMILES string of the molecule is c1ccc(-n2c3ccccc3c3cc4c5ccccc5n(-c5cccc(-c6ccccc6-n6c7ccccc7c7cc8c9ccccc9n(-c9ccccc9)c8cc76)c5)c4cc32)cc1. The number of fused-ring (bicyclic) bond motifs is 12. The highest BCUT2D eigenvalue weighted by Crippen LogP contribution is 2.43. The Labute approximate surface area is 368 Å². The molecule has 298 valence electrons. The first-order valence-electron chi connectivity index (χ1n) is 22.0. The molecular weight excluding hydrogens is 777 g/mol. The van der Waals surface area contributed by atoms with Gasteiger partial charge in [0.25, 0.3) is 0 Å². The van der Waals surface area contributed by atoms with Crippen molar-refractivity contribution in [1.29, 1.82) is 0 Å². The van der Waals surface area contributed by atoms with Gasteiger partial charge in [-0.05, 0) is 96.6 Å². The fourth-order valence-electron chi connectivity index (χ4n) is 10.8. The maximum Gasteiger partial charge on any atom is 0.0562 e. The summed E-state index contributed by atoms with van der Waals surface area (Å²) in [6.45, 7) is 0. The summed E-state index contributed by atoms with van der Waals surface area (Å²) in [6.07, 6.45) is 0. The molecule has 0 spiro atoms. The average Bonchev–Trinajstić information content (AvgIpc) is 4.07. The predicted molar refractivity (Wildman–Crippen MR) is 269 cm³/mol. The van der Waals surface area contributed by atoms with Crippen LogP contribution in [0.4, 0.5) is 0 Å². The summed E-state index contributed by atoms with van der Waals surface area (Å²) in [7, 11) is 0. The Morgan fingerprint density at radius 3 is 1.05 bits per heavy atom. The van der Waals surface area contributed by atoms with Crippen molar-refractivity contribution in [3.05, 3.63) is 231 Å². The fraction of sp³-hybridized carbons (Fsp3) is 0. The minimum atomic E-state index is 1.12. The lowest BCUT2D eigenvalue weighted by Gasteiger charge is -2.16. The van der Waals surface area contributed by atoms with Gasteiger partial charge in [-0.3, -0.25) is 0 Å². The molecular formula is C60H38N4. The van der Waals surface area contributed by atoms with Crippen molar-refractivity contribution >= 4 is 87.2 Å². The first-order chi connectivity index (χ1) is 31.8. The molecule has 0 aliphatic heterocycles. The van der Waals surface area contributed by atoms with Crippen LogP contribution in [-0.4, -0.2) is 18.3 Å². The molecule has 0 N–H and O–H groups in total. The smallest absolute Gasteiger partial charge is 0.0562 e. The zero-order chi connectivity index (χ0) is 41.9. The second kappa shape index (κ2) is 13.4. The Kier molecular flexibility index (Phi) is 7.36. The van der Waals surface area contributed by atoms with Gasteiger partial charge in [0.15, 0.2) is 0 Å². The van der Waals surface area contributed by atoms with Crippen LogP contribution < -0.4 is 0 Å². The van der Waals surface area contributed by atoms with E-state index in [0.29, 0.717) is 0 Å². The molecule has 0 saturated heterocycles. The van der Waals surface area contributed by atoms with E-state index < -0.39 is 0 Å². The van der Waals surface area contributed by atoms with Crippen molar-refractivity contribution in [3.8, 4) is 33.9 Å². The third-order valence-electron chi connectivity index (χ3n) is 13.5. The van der Waals surface area contributed by atoms with E-state index in [-0.39, 0.29) is 0 Å². The number of benzene rings is 10. The molecule has 0 aliphatic carbocycles. The number of rotatable bonds is 5. The van der Waals surface area contributed by atoms with Gasteiger partial charge in [-0.1, -0.05) is 140 Å². The van der Waals surface area contributed by atoms with E-state index in [1.165, 1.54) is 92.8 Å². The first kappa shape index (κ1) is 35.0. The Morgan fingerprint density at radius 2 is 0.562 bits per heavy atom. The minimum Gasteiger partial charge on any atom is -0.309 e. The Bertz CT molecular complexity index is 4180. The van der Waals surface area contributed by atoms with Gasteiger partial charge in [-0.15, -0.1) is 0 Å². The minimum absolute atomic E-state index is 1.12. The van der Waals surface area contributed by atoms with Crippen LogP contribution in [0.15, 0.2) is 231 Å². The van der Waals surface area contributed by atoms with Crippen LogP contribution in [0.25, 0.3) is 121 Å². The van der Waals surface area contributed by atoms with E-state index >= 15 is 0 Å². The number of hydrogen-bond donors (Lipinski definition) is 0. The van der Waals surface area contributed by atoms with E-state index in [2.05, 4.69) is 249 Å².